The first-order chi connectivity index (χ1) is 13.1. The molecule has 0 radical (unpaired) electrons. The van der Waals surface area contributed by atoms with Crippen molar-refractivity contribution in [3.05, 3.63) is 48.5 Å². The number of ether oxygens (including phenoxy) is 2. The third kappa shape index (κ3) is 6.66. The van der Waals surface area contributed by atoms with Crippen molar-refractivity contribution in [2.75, 3.05) is 23.8 Å². The van der Waals surface area contributed by atoms with Gasteiger partial charge >= 0.3 is 0 Å². The molecule has 0 unspecified atom stereocenters. The predicted octanol–water partition coefficient (Wildman–Crippen LogP) is 4.23. The molecule has 0 heterocycles. The fraction of sp³-hybridized carbons (Fsp3) is 0.333. The second kappa shape index (κ2) is 10.9. The summed E-state index contributed by atoms with van der Waals surface area (Å²) in [5.41, 5.74) is 1.28. The van der Waals surface area contributed by atoms with E-state index in [0.717, 1.165) is 0 Å². The average Bonchev–Trinajstić information content (AvgIpc) is 2.65. The molecule has 0 saturated heterocycles. The van der Waals surface area contributed by atoms with Crippen LogP contribution >= 0.6 is 0 Å². The summed E-state index contributed by atoms with van der Waals surface area (Å²) < 4.78 is 11.0. The van der Waals surface area contributed by atoms with Crippen LogP contribution in [0.5, 0.6) is 11.5 Å². The maximum absolute atomic E-state index is 12.1. The van der Waals surface area contributed by atoms with Gasteiger partial charge in [0.05, 0.1) is 24.6 Å². The van der Waals surface area contributed by atoms with Gasteiger partial charge in [0.2, 0.25) is 11.8 Å². The Bertz CT molecular complexity index is 698. The summed E-state index contributed by atoms with van der Waals surface area (Å²) in [7, 11) is 0. The molecule has 0 aliphatic rings. The van der Waals surface area contributed by atoms with Crippen molar-refractivity contribution < 1.29 is 19.1 Å². The van der Waals surface area contributed by atoms with Crippen LogP contribution in [0.4, 0.5) is 11.4 Å². The molecular weight excluding hydrogens is 344 g/mol. The van der Waals surface area contributed by atoms with E-state index in [1.807, 2.05) is 50.2 Å². The Hall–Kier alpha value is -3.02. The van der Waals surface area contributed by atoms with Gasteiger partial charge in [-0.1, -0.05) is 24.3 Å². The van der Waals surface area contributed by atoms with Crippen LogP contribution in [-0.2, 0) is 9.59 Å². The van der Waals surface area contributed by atoms with E-state index in [0.29, 0.717) is 42.5 Å². The summed E-state index contributed by atoms with van der Waals surface area (Å²) in [6.07, 6.45) is 0.952. The van der Waals surface area contributed by atoms with Gasteiger partial charge in [-0.3, -0.25) is 9.59 Å². The summed E-state index contributed by atoms with van der Waals surface area (Å²) in [6.45, 7) is 4.83. The number of carbonyl (C=O) groups excluding carboxylic acids is 2. The van der Waals surface area contributed by atoms with Crippen molar-refractivity contribution in [2.45, 2.75) is 33.1 Å². The first kappa shape index (κ1) is 20.3. The van der Waals surface area contributed by atoms with Gasteiger partial charge in [-0.25, -0.2) is 0 Å². The van der Waals surface area contributed by atoms with E-state index >= 15 is 0 Å². The lowest BCUT2D eigenvalue weighted by molar-refractivity contribution is -0.117. The average molecular weight is 370 g/mol. The number of benzene rings is 2. The van der Waals surface area contributed by atoms with Crippen molar-refractivity contribution in [2.24, 2.45) is 0 Å². The highest BCUT2D eigenvalue weighted by Crippen LogP contribution is 2.25. The minimum absolute atomic E-state index is 0.148. The third-order valence-electron chi connectivity index (χ3n) is 3.73. The highest BCUT2D eigenvalue weighted by molar-refractivity contribution is 5.94. The minimum Gasteiger partial charge on any atom is -0.492 e. The second-order valence-corrected chi connectivity index (χ2v) is 5.81. The number of carbonyl (C=O) groups is 2. The van der Waals surface area contributed by atoms with E-state index in [9.17, 15) is 9.59 Å². The first-order valence-corrected chi connectivity index (χ1v) is 9.17. The van der Waals surface area contributed by atoms with Crippen LogP contribution in [0.25, 0.3) is 0 Å². The molecule has 0 aromatic heterocycles. The van der Waals surface area contributed by atoms with Crippen molar-refractivity contribution in [1.29, 1.82) is 0 Å². The molecular formula is C21H26N2O4. The summed E-state index contributed by atoms with van der Waals surface area (Å²) in [5.74, 6) is 0.978. The van der Waals surface area contributed by atoms with Gasteiger partial charge in [0, 0.05) is 12.8 Å². The number of rotatable bonds is 10. The molecule has 27 heavy (non-hydrogen) atoms. The molecule has 2 aromatic rings. The number of nitrogens with one attached hydrogen (secondary N) is 2. The Morgan fingerprint density at radius 1 is 0.741 bits per heavy atom. The van der Waals surface area contributed by atoms with Gasteiger partial charge in [-0.05, 0) is 44.5 Å². The van der Waals surface area contributed by atoms with Crippen molar-refractivity contribution in [3.8, 4) is 11.5 Å². The van der Waals surface area contributed by atoms with E-state index in [1.165, 1.54) is 0 Å². The van der Waals surface area contributed by atoms with Crippen LogP contribution in [0.3, 0.4) is 0 Å². The Kier molecular flexibility index (Phi) is 8.16. The van der Waals surface area contributed by atoms with E-state index in [2.05, 4.69) is 10.6 Å². The molecule has 2 rings (SSSR count). The maximum Gasteiger partial charge on any atom is 0.224 e. The Morgan fingerprint density at radius 2 is 1.15 bits per heavy atom. The van der Waals surface area contributed by atoms with Crippen molar-refractivity contribution in [3.63, 3.8) is 0 Å². The van der Waals surface area contributed by atoms with Gasteiger partial charge in [0.15, 0.2) is 0 Å². The van der Waals surface area contributed by atoms with Gasteiger partial charge in [-0.15, -0.1) is 0 Å². The van der Waals surface area contributed by atoms with Gasteiger partial charge < -0.3 is 20.1 Å². The number of amides is 2. The molecule has 2 N–H and O–H groups in total. The Balaban J connectivity index is 1.79. The molecule has 0 aliphatic heterocycles. The Morgan fingerprint density at radius 3 is 1.56 bits per heavy atom. The first-order valence-electron chi connectivity index (χ1n) is 9.17. The number of anilines is 2. The monoisotopic (exact) mass is 370 g/mol. The quantitative estimate of drug-likeness (QED) is 0.656. The number of hydrogen-bond acceptors (Lipinski definition) is 4. The third-order valence-corrected chi connectivity index (χ3v) is 3.73. The second-order valence-electron chi connectivity index (χ2n) is 5.81. The molecule has 0 aliphatic carbocycles. The van der Waals surface area contributed by atoms with Gasteiger partial charge in [0.25, 0.3) is 0 Å². The van der Waals surface area contributed by atoms with Crippen molar-refractivity contribution in [1.82, 2.24) is 0 Å². The topological polar surface area (TPSA) is 76.7 Å². The van der Waals surface area contributed by atoms with Crippen LogP contribution in [0.15, 0.2) is 48.5 Å². The number of hydrogen-bond donors (Lipinski definition) is 2. The molecule has 0 spiro atoms. The fourth-order valence-electron chi connectivity index (χ4n) is 2.54. The lowest BCUT2D eigenvalue weighted by Gasteiger charge is -2.12. The summed E-state index contributed by atoms with van der Waals surface area (Å²) in [6, 6.07) is 14.6. The maximum atomic E-state index is 12.1. The van der Waals surface area contributed by atoms with Crippen LogP contribution in [0.1, 0.15) is 33.1 Å². The lowest BCUT2D eigenvalue weighted by atomic mass is 10.2. The molecule has 0 bridgehead atoms. The molecule has 0 atom stereocenters. The molecule has 0 saturated carbocycles. The summed E-state index contributed by atoms with van der Waals surface area (Å²) in [5, 5.41) is 5.66. The van der Waals surface area contributed by atoms with Crippen LogP contribution in [0, 0.1) is 0 Å². The van der Waals surface area contributed by atoms with E-state index < -0.39 is 0 Å². The van der Waals surface area contributed by atoms with Crippen LogP contribution < -0.4 is 20.1 Å². The molecule has 144 valence electrons. The van der Waals surface area contributed by atoms with E-state index in [-0.39, 0.29) is 24.7 Å². The molecule has 0 fully saturated rings. The highest BCUT2D eigenvalue weighted by Gasteiger charge is 2.10. The van der Waals surface area contributed by atoms with Gasteiger partial charge in [-0.2, -0.15) is 0 Å². The van der Waals surface area contributed by atoms with Gasteiger partial charge in [0.1, 0.15) is 11.5 Å². The largest absolute Gasteiger partial charge is 0.492 e. The lowest BCUT2D eigenvalue weighted by Crippen LogP contribution is -2.15. The van der Waals surface area contributed by atoms with Crippen molar-refractivity contribution >= 4 is 23.2 Å². The molecule has 6 heteroatoms. The smallest absolute Gasteiger partial charge is 0.224 e. The number of para-hydroxylation sites is 4. The summed E-state index contributed by atoms with van der Waals surface area (Å²) >= 11 is 0. The molecule has 6 nitrogen and oxygen atoms in total. The molecule has 2 amide bonds. The Labute approximate surface area is 159 Å². The minimum atomic E-state index is -0.148. The zero-order chi connectivity index (χ0) is 19.5. The zero-order valence-corrected chi connectivity index (χ0v) is 15.8. The van der Waals surface area contributed by atoms with E-state index in [1.54, 1.807) is 12.1 Å². The SMILES string of the molecule is CCOc1ccccc1NC(=O)CCCC(=O)Nc1ccccc1OCC. The predicted molar refractivity (Wildman–Crippen MR) is 106 cm³/mol. The zero-order valence-electron chi connectivity index (χ0n) is 15.8. The van der Waals surface area contributed by atoms with Crippen LogP contribution in [0.2, 0.25) is 0 Å². The fourth-order valence-corrected chi connectivity index (χ4v) is 2.54. The normalized spacial score (nSPS) is 10.1. The highest BCUT2D eigenvalue weighted by atomic mass is 16.5. The molecule has 2 aromatic carbocycles. The standard InChI is InChI=1S/C21H26N2O4/c1-3-26-18-12-7-5-10-16(18)22-20(24)14-9-15-21(25)23-17-11-6-8-13-19(17)27-4-2/h5-8,10-13H,3-4,9,14-15H2,1-2H3,(H,22,24)(H,23,25). The van der Waals surface area contributed by atoms with E-state index in [4.69, 9.17) is 9.47 Å². The van der Waals surface area contributed by atoms with Crippen LogP contribution in [-0.4, -0.2) is 25.0 Å². The summed E-state index contributed by atoms with van der Waals surface area (Å²) in [4.78, 5) is 24.3.